The predicted octanol–water partition coefficient (Wildman–Crippen LogP) is 2.12. The summed E-state index contributed by atoms with van der Waals surface area (Å²) in [6.07, 6.45) is 0. The summed E-state index contributed by atoms with van der Waals surface area (Å²) in [7, 11) is 4.09. The first-order valence-electron chi connectivity index (χ1n) is 7.07. The number of hydrogen-bond donors (Lipinski definition) is 0. The van der Waals surface area contributed by atoms with Crippen LogP contribution in [0, 0.1) is 0 Å². The number of hydrogen-bond acceptors (Lipinski definition) is 8. The second-order valence-electron chi connectivity index (χ2n) is 4.58. The summed E-state index contributed by atoms with van der Waals surface area (Å²) in [6, 6.07) is 7.11. The maximum absolute atomic E-state index is 11.9. The average Bonchev–Trinajstić information content (AvgIpc) is 2.59. The molecule has 1 aromatic carbocycles. The molecular weight excluding hydrogens is 314 g/mol. The molecule has 0 radical (unpaired) electrons. The van der Waals surface area contributed by atoms with Crippen LogP contribution in [-0.4, -0.2) is 44.4 Å². The number of oxime groups is 3. The molecule has 1 rings (SSSR count). The Morgan fingerprint density at radius 2 is 1.58 bits per heavy atom. The van der Waals surface area contributed by atoms with Gasteiger partial charge in [-0.15, -0.1) is 0 Å². The van der Waals surface area contributed by atoms with Crippen LogP contribution in [0.3, 0.4) is 0 Å². The number of carbonyl (C=O) groups excluding carboxylic acids is 1. The van der Waals surface area contributed by atoms with Crippen molar-refractivity contribution in [3.8, 4) is 0 Å². The molecule has 0 fully saturated rings. The van der Waals surface area contributed by atoms with Crippen molar-refractivity contribution < 1.29 is 24.0 Å². The summed E-state index contributed by atoms with van der Waals surface area (Å²) in [5.74, 6) is -0.605. The first-order chi connectivity index (χ1) is 11.5. The lowest BCUT2D eigenvalue weighted by Crippen LogP contribution is -2.19. The zero-order valence-corrected chi connectivity index (χ0v) is 14.4. The topological polar surface area (TPSA) is 91.1 Å². The minimum Gasteiger partial charge on any atom is -0.464 e. The molecule has 0 N–H and O–H groups in total. The molecular formula is C16H21N3O5. The fourth-order valence-electron chi connectivity index (χ4n) is 1.73. The molecule has 0 aliphatic rings. The quantitative estimate of drug-likeness (QED) is 0.412. The summed E-state index contributed by atoms with van der Waals surface area (Å²) in [4.78, 5) is 26.6. The van der Waals surface area contributed by atoms with E-state index in [1.54, 1.807) is 32.0 Å². The predicted molar refractivity (Wildman–Crippen MR) is 90.0 cm³/mol. The highest BCUT2D eigenvalue weighted by atomic mass is 16.6. The van der Waals surface area contributed by atoms with E-state index in [0.717, 1.165) is 0 Å². The van der Waals surface area contributed by atoms with E-state index >= 15 is 0 Å². The monoisotopic (exact) mass is 335 g/mol. The van der Waals surface area contributed by atoms with Crippen LogP contribution in [0.1, 0.15) is 25.0 Å². The zero-order valence-electron chi connectivity index (χ0n) is 14.4. The van der Waals surface area contributed by atoms with E-state index in [1.807, 2.05) is 6.07 Å². The van der Waals surface area contributed by atoms with Crippen molar-refractivity contribution in [3.05, 3.63) is 35.4 Å². The fourth-order valence-corrected chi connectivity index (χ4v) is 1.73. The molecule has 0 spiro atoms. The van der Waals surface area contributed by atoms with Crippen molar-refractivity contribution in [2.75, 3.05) is 21.3 Å². The lowest BCUT2D eigenvalue weighted by Gasteiger charge is -2.09. The molecule has 24 heavy (non-hydrogen) atoms. The van der Waals surface area contributed by atoms with Gasteiger partial charge < -0.3 is 19.2 Å². The summed E-state index contributed by atoms with van der Waals surface area (Å²) >= 11 is 0. The number of esters is 1. The Bertz CT molecular complexity index is 653. The van der Waals surface area contributed by atoms with Gasteiger partial charge in [0.15, 0.2) is 5.71 Å². The van der Waals surface area contributed by atoms with Crippen molar-refractivity contribution >= 4 is 23.1 Å². The molecule has 0 bridgehead atoms. The third-order valence-electron chi connectivity index (χ3n) is 3.01. The van der Waals surface area contributed by atoms with Gasteiger partial charge in [-0.2, -0.15) is 0 Å². The lowest BCUT2D eigenvalue weighted by atomic mass is 10.0. The first-order valence-corrected chi connectivity index (χ1v) is 7.07. The molecule has 8 nitrogen and oxygen atoms in total. The van der Waals surface area contributed by atoms with Crippen molar-refractivity contribution in [3.63, 3.8) is 0 Å². The Morgan fingerprint density at radius 3 is 2.21 bits per heavy atom. The van der Waals surface area contributed by atoms with E-state index in [9.17, 15) is 4.79 Å². The van der Waals surface area contributed by atoms with Crippen LogP contribution in [-0.2, 0) is 30.7 Å². The summed E-state index contributed by atoms with van der Waals surface area (Å²) in [5.41, 5.74) is 2.48. The van der Waals surface area contributed by atoms with Gasteiger partial charge in [0.2, 0.25) is 0 Å². The standard InChI is InChI=1S/C16H21N3O5/c1-11(17-22-4)12(2)18-24-10-13-8-6-7-9-14(13)15(19-23-5)16(20)21-3/h6-9H,10H2,1-5H3/b17-11+,18-12+,19-15-. The molecule has 0 unspecified atom stereocenters. The lowest BCUT2D eigenvalue weighted by molar-refractivity contribution is -0.132. The molecule has 0 saturated heterocycles. The maximum atomic E-state index is 11.9. The molecule has 0 aliphatic carbocycles. The summed E-state index contributed by atoms with van der Waals surface area (Å²) in [6.45, 7) is 3.63. The molecule has 0 atom stereocenters. The van der Waals surface area contributed by atoms with Crippen LogP contribution in [0.25, 0.3) is 0 Å². The minimum absolute atomic E-state index is 0.0528. The largest absolute Gasteiger partial charge is 0.464 e. The first kappa shape index (κ1) is 19.1. The van der Waals surface area contributed by atoms with E-state index in [0.29, 0.717) is 22.6 Å². The molecule has 0 heterocycles. The van der Waals surface area contributed by atoms with Crippen LogP contribution in [0.2, 0.25) is 0 Å². The van der Waals surface area contributed by atoms with Gasteiger partial charge in [0, 0.05) is 11.1 Å². The van der Waals surface area contributed by atoms with E-state index in [2.05, 4.69) is 20.3 Å². The summed E-state index contributed by atoms with van der Waals surface area (Å²) in [5, 5.41) is 11.5. The Kier molecular flexibility index (Phi) is 7.97. The van der Waals surface area contributed by atoms with E-state index in [4.69, 9.17) is 14.4 Å². The molecule has 0 amide bonds. The van der Waals surface area contributed by atoms with Gasteiger partial charge in [-0.3, -0.25) is 0 Å². The van der Waals surface area contributed by atoms with Gasteiger partial charge in [-0.25, -0.2) is 4.79 Å². The Hall–Kier alpha value is -2.90. The summed E-state index contributed by atoms with van der Waals surface area (Å²) < 4.78 is 4.73. The van der Waals surface area contributed by atoms with Gasteiger partial charge in [-0.1, -0.05) is 39.7 Å². The van der Waals surface area contributed by atoms with Gasteiger partial charge in [-0.05, 0) is 13.8 Å². The number of benzene rings is 1. The van der Waals surface area contributed by atoms with Crippen molar-refractivity contribution in [1.82, 2.24) is 0 Å². The minimum atomic E-state index is -0.605. The van der Waals surface area contributed by atoms with Crippen LogP contribution in [0.5, 0.6) is 0 Å². The highest BCUT2D eigenvalue weighted by Crippen LogP contribution is 2.13. The molecule has 130 valence electrons. The maximum Gasteiger partial charge on any atom is 0.360 e. The fraction of sp³-hybridized carbons (Fsp3) is 0.375. The molecule has 0 saturated carbocycles. The van der Waals surface area contributed by atoms with Crippen LogP contribution in [0.15, 0.2) is 39.7 Å². The van der Waals surface area contributed by atoms with Crippen molar-refractivity contribution in [1.29, 1.82) is 0 Å². The SMILES string of the molecule is CO/N=C(\C(=O)OC)c1ccccc1CO/N=C(C)/C(C)=N/OC. The van der Waals surface area contributed by atoms with Gasteiger partial charge in [0.25, 0.3) is 0 Å². The molecule has 8 heteroatoms. The smallest absolute Gasteiger partial charge is 0.360 e. The van der Waals surface area contributed by atoms with Crippen molar-refractivity contribution in [2.24, 2.45) is 15.5 Å². The number of methoxy groups -OCH3 is 1. The number of nitrogens with zero attached hydrogens (tertiary/aromatic N) is 3. The third-order valence-corrected chi connectivity index (χ3v) is 3.01. The van der Waals surface area contributed by atoms with Crippen LogP contribution in [0.4, 0.5) is 0 Å². The Balaban J connectivity index is 2.99. The van der Waals surface area contributed by atoms with Gasteiger partial charge >= 0.3 is 5.97 Å². The second-order valence-corrected chi connectivity index (χ2v) is 4.58. The van der Waals surface area contributed by atoms with Crippen LogP contribution >= 0.6 is 0 Å². The third kappa shape index (κ3) is 5.38. The van der Waals surface area contributed by atoms with E-state index in [-0.39, 0.29) is 12.3 Å². The average molecular weight is 335 g/mol. The number of ether oxygens (including phenoxy) is 1. The molecule has 0 aliphatic heterocycles. The Morgan fingerprint density at radius 1 is 0.958 bits per heavy atom. The number of rotatable bonds is 8. The highest BCUT2D eigenvalue weighted by molar-refractivity contribution is 6.43. The van der Waals surface area contributed by atoms with Crippen LogP contribution < -0.4 is 0 Å². The van der Waals surface area contributed by atoms with E-state index in [1.165, 1.54) is 21.3 Å². The van der Waals surface area contributed by atoms with Gasteiger partial charge in [0.05, 0.1) is 7.11 Å². The van der Waals surface area contributed by atoms with E-state index < -0.39 is 5.97 Å². The zero-order chi connectivity index (χ0) is 17.9. The molecule has 0 aromatic heterocycles. The molecule has 1 aromatic rings. The number of carbonyl (C=O) groups is 1. The normalized spacial score (nSPS) is 12.6. The van der Waals surface area contributed by atoms with Gasteiger partial charge in [0.1, 0.15) is 32.2 Å². The highest BCUT2D eigenvalue weighted by Gasteiger charge is 2.19. The van der Waals surface area contributed by atoms with Crippen molar-refractivity contribution in [2.45, 2.75) is 20.5 Å². The Labute approximate surface area is 140 Å². The second kappa shape index (κ2) is 9.98.